The Morgan fingerprint density at radius 2 is 1.80 bits per heavy atom. The largest absolute Gasteiger partial charge is 0.455 e. The van der Waals surface area contributed by atoms with Crippen molar-refractivity contribution in [2.45, 2.75) is 30.4 Å². The van der Waals surface area contributed by atoms with Crippen molar-refractivity contribution in [1.82, 2.24) is 0 Å². The van der Waals surface area contributed by atoms with Crippen molar-refractivity contribution in [3.05, 3.63) is 47.7 Å². The second-order valence-corrected chi connectivity index (χ2v) is 6.47. The summed E-state index contributed by atoms with van der Waals surface area (Å²) in [6.07, 6.45) is 1.21. The van der Waals surface area contributed by atoms with Crippen molar-refractivity contribution in [3.63, 3.8) is 0 Å². The van der Waals surface area contributed by atoms with Crippen LogP contribution in [0.1, 0.15) is 19.4 Å². The van der Waals surface area contributed by atoms with Gasteiger partial charge in [-0.25, -0.2) is 0 Å². The first-order valence-electron chi connectivity index (χ1n) is 5.90. The molecular weight excluding hydrogens is 323 g/mol. The van der Waals surface area contributed by atoms with E-state index < -0.39 is 16.1 Å². The Bertz CT molecular complexity index is 466. The summed E-state index contributed by atoms with van der Waals surface area (Å²) in [5, 5.41) is 0. The number of ether oxygens (including phenoxy) is 2. The maximum absolute atomic E-state index is 11.0. The van der Waals surface area contributed by atoms with E-state index in [1.165, 1.54) is 6.92 Å². The lowest BCUT2D eigenvalue weighted by atomic mass is 10.1. The van der Waals surface area contributed by atoms with Crippen LogP contribution in [0, 0.1) is 0 Å². The zero-order valence-electron chi connectivity index (χ0n) is 11.1. The lowest BCUT2D eigenvalue weighted by Gasteiger charge is -2.24. The molecule has 3 nitrogen and oxygen atoms in total. The third kappa shape index (κ3) is 6.51. The van der Waals surface area contributed by atoms with Gasteiger partial charge in [0, 0.05) is 6.92 Å². The molecular formula is C14H15Cl3O3. The Balaban J connectivity index is 2.65. The average molecular weight is 338 g/mol. The normalized spacial score (nSPS) is 13.8. The van der Waals surface area contributed by atoms with E-state index in [4.69, 9.17) is 44.3 Å². The van der Waals surface area contributed by atoms with Crippen molar-refractivity contribution < 1.29 is 14.3 Å². The molecule has 0 saturated heterocycles. The van der Waals surface area contributed by atoms with Gasteiger partial charge in [-0.3, -0.25) is 4.79 Å². The average Bonchev–Trinajstić information content (AvgIpc) is 2.35. The lowest BCUT2D eigenvalue weighted by molar-refractivity contribution is -0.167. The molecule has 1 aromatic rings. The van der Waals surface area contributed by atoms with E-state index in [9.17, 15) is 4.79 Å². The number of alkyl halides is 3. The molecule has 110 valence electrons. The Labute approximate surface area is 133 Å². The van der Waals surface area contributed by atoms with Gasteiger partial charge in [-0.1, -0.05) is 65.1 Å². The Kier molecular flexibility index (Phi) is 6.66. The first kappa shape index (κ1) is 17.2. The van der Waals surface area contributed by atoms with Gasteiger partial charge in [-0.05, 0) is 25.0 Å². The van der Waals surface area contributed by atoms with E-state index in [1.54, 1.807) is 6.92 Å². The first-order chi connectivity index (χ1) is 9.29. The number of allylic oxidation sites excluding steroid dienone is 2. The van der Waals surface area contributed by atoms with Gasteiger partial charge >= 0.3 is 5.97 Å². The van der Waals surface area contributed by atoms with Crippen molar-refractivity contribution in [1.29, 1.82) is 0 Å². The topological polar surface area (TPSA) is 35.5 Å². The molecule has 0 spiro atoms. The van der Waals surface area contributed by atoms with Crippen LogP contribution in [0.15, 0.2) is 42.2 Å². The predicted molar refractivity (Wildman–Crippen MR) is 80.8 cm³/mol. The smallest absolute Gasteiger partial charge is 0.305 e. The standard InChI is InChI=1S/C14H15Cl3O3/c1-10(8-9-12-6-4-3-5-7-12)19-13(14(15,16)17)20-11(2)18/h3-8,13H,9H2,1-2H3/b10-8+. The summed E-state index contributed by atoms with van der Waals surface area (Å²) in [6, 6.07) is 9.81. The molecule has 0 bridgehead atoms. The van der Waals surface area contributed by atoms with Crippen LogP contribution in [-0.4, -0.2) is 16.1 Å². The summed E-state index contributed by atoms with van der Waals surface area (Å²) in [6.45, 7) is 2.92. The van der Waals surface area contributed by atoms with Crippen molar-refractivity contribution in [2.75, 3.05) is 0 Å². The van der Waals surface area contributed by atoms with Gasteiger partial charge in [0.25, 0.3) is 10.1 Å². The summed E-state index contributed by atoms with van der Waals surface area (Å²) in [4.78, 5) is 11.0. The van der Waals surface area contributed by atoms with Crippen LogP contribution < -0.4 is 0 Å². The van der Waals surface area contributed by atoms with Gasteiger partial charge in [0.2, 0.25) is 0 Å². The number of hydrogen-bond acceptors (Lipinski definition) is 3. The number of hydrogen-bond donors (Lipinski definition) is 0. The summed E-state index contributed by atoms with van der Waals surface area (Å²) in [7, 11) is 0. The van der Waals surface area contributed by atoms with Crippen molar-refractivity contribution >= 4 is 40.8 Å². The highest BCUT2D eigenvalue weighted by Gasteiger charge is 2.37. The van der Waals surface area contributed by atoms with Gasteiger partial charge < -0.3 is 9.47 Å². The van der Waals surface area contributed by atoms with Crippen LogP contribution in [0.25, 0.3) is 0 Å². The molecule has 20 heavy (non-hydrogen) atoms. The SMILES string of the molecule is CC(=O)OC(O/C(C)=C/Cc1ccccc1)C(Cl)(Cl)Cl. The van der Waals surface area contributed by atoms with Gasteiger partial charge in [0.15, 0.2) is 0 Å². The predicted octanol–water partition coefficient (Wildman–Crippen LogP) is 4.41. The molecule has 0 saturated carbocycles. The van der Waals surface area contributed by atoms with E-state index in [-0.39, 0.29) is 0 Å². The molecule has 0 aliphatic heterocycles. The van der Waals surface area contributed by atoms with E-state index in [0.717, 1.165) is 5.56 Å². The molecule has 0 aliphatic carbocycles. The molecule has 1 atom stereocenters. The fraction of sp³-hybridized carbons (Fsp3) is 0.357. The van der Waals surface area contributed by atoms with Crippen LogP contribution in [0.4, 0.5) is 0 Å². The minimum absolute atomic E-state index is 0.506. The maximum Gasteiger partial charge on any atom is 0.305 e. The Morgan fingerprint density at radius 3 is 2.30 bits per heavy atom. The molecule has 0 fully saturated rings. The van der Waals surface area contributed by atoms with Crippen LogP contribution in [-0.2, 0) is 20.7 Å². The quantitative estimate of drug-likeness (QED) is 0.345. The number of carbonyl (C=O) groups excluding carboxylic acids is 1. The summed E-state index contributed by atoms with van der Waals surface area (Å²) >= 11 is 17.1. The Hall–Kier alpha value is -0.900. The third-order valence-corrected chi connectivity index (χ3v) is 2.84. The van der Waals surface area contributed by atoms with Crippen molar-refractivity contribution in [2.24, 2.45) is 0 Å². The van der Waals surface area contributed by atoms with Gasteiger partial charge in [0.05, 0.1) is 5.76 Å². The van der Waals surface area contributed by atoms with Crippen LogP contribution in [0.2, 0.25) is 0 Å². The second kappa shape index (κ2) is 7.77. The molecule has 0 amide bonds. The number of esters is 1. The minimum atomic E-state index is -1.85. The fourth-order valence-electron chi connectivity index (χ4n) is 1.40. The number of benzene rings is 1. The molecule has 1 aromatic carbocycles. The van der Waals surface area contributed by atoms with Crippen molar-refractivity contribution in [3.8, 4) is 0 Å². The molecule has 0 aromatic heterocycles. The van der Waals surface area contributed by atoms with E-state index in [1.807, 2.05) is 36.4 Å². The fourth-order valence-corrected chi connectivity index (χ4v) is 1.67. The summed E-state index contributed by atoms with van der Waals surface area (Å²) in [5.41, 5.74) is 1.12. The second-order valence-electron chi connectivity index (χ2n) is 4.11. The molecule has 1 rings (SSSR count). The highest BCUT2D eigenvalue weighted by Crippen LogP contribution is 2.34. The monoisotopic (exact) mass is 336 g/mol. The highest BCUT2D eigenvalue weighted by atomic mass is 35.6. The molecule has 1 unspecified atom stereocenters. The molecule has 0 radical (unpaired) electrons. The number of halogens is 3. The van der Waals surface area contributed by atoms with Gasteiger partial charge in [-0.15, -0.1) is 0 Å². The molecule has 0 aliphatic rings. The van der Waals surface area contributed by atoms with Gasteiger partial charge in [0.1, 0.15) is 0 Å². The zero-order valence-corrected chi connectivity index (χ0v) is 13.4. The molecule has 0 N–H and O–H groups in total. The van der Waals surface area contributed by atoms with Gasteiger partial charge in [-0.2, -0.15) is 0 Å². The summed E-state index contributed by atoms with van der Waals surface area (Å²) < 4.78 is 8.36. The Morgan fingerprint density at radius 1 is 1.20 bits per heavy atom. The number of carbonyl (C=O) groups is 1. The van der Waals surface area contributed by atoms with Crippen LogP contribution >= 0.6 is 34.8 Å². The third-order valence-electron chi connectivity index (χ3n) is 2.30. The molecule has 0 heterocycles. The molecule has 6 heteroatoms. The minimum Gasteiger partial charge on any atom is -0.455 e. The van der Waals surface area contributed by atoms with E-state index in [0.29, 0.717) is 12.2 Å². The number of rotatable bonds is 5. The lowest BCUT2D eigenvalue weighted by Crippen LogP contribution is -2.32. The zero-order chi connectivity index (χ0) is 15.2. The summed E-state index contributed by atoms with van der Waals surface area (Å²) in [5.74, 6) is -0.0800. The highest BCUT2D eigenvalue weighted by molar-refractivity contribution is 6.68. The van der Waals surface area contributed by atoms with Crippen LogP contribution in [0.5, 0.6) is 0 Å². The maximum atomic E-state index is 11.0. The first-order valence-corrected chi connectivity index (χ1v) is 7.03. The van der Waals surface area contributed by atoms with Crippen LogP contribution in [0.3, 0.4) is 0 Å². The van der Waals surface area contributed by atoms with E-state index in [2.05, 4.69) is 0 Å². The van der Waals surface area contributed by atoms with E-state index >= 15 is 0 Å².